The summed E-state index contributed by atoms with van der Waals surface area (Å²) < 4.78 is 20.7. The molecule has 0 saturated carbocycles. The smallest absolute Gasteiger partial charge is 0.181 e. The van der Waals surface area contributed by atoms with Gasteiger partial charge in [-0.05, 0) is 81.5 Å². The summed E-state index contributed by atoms with van der Waals surface area (Å²) in [6.45, 7) is 4.33. The molecule has 1 aromatic carbocycles. The number of imidazole rings is 1. The molecule has 6 aromatic rings. The second-order valence-electron chi connectivity index (χ2n) is 11.2. The van der Waals surface area contributed by atoms with E-state index in [1.165, 1.54) is 25.0 Å². The second-order valence-corrected chi connectivity index (χ2v) is 11.2. The van der Waals surface area contributed by atoms with Gasteiger partial charge in [-0.25, -0.2) is 19.3 Å². The van der Waals surface area contributed by atoms with E-state index in [9.17, 15) is 4.39 Å². The van der Waals surface area contributed by atoms with Crippen molar-refractivity contribution in [2.24, 2.45) is 0 Å². The number of aromatic nitrogens is 7. The van der Waals surface area contributed by atoms with Gasteiger partial charge in [0.15, 0.2) is 17.1 Å². The van der Waals surface area contributed by atoms with Crippen LogP contribution in [0.2, 0.25) is 0 Å². The molecule has 5 aromatic heterocycles. The number of aromatic amines is 2. The van der Waals surface area contributed by atoms with Crippen molar-refractivity contribution < 1.29 is 9.13 Å². The van der Waals surface area contributed by atoms with Crippen LogP contribution in [0.3, 0.4) is 0 Å². The van der Waals surface area contributed by atoms with Crippen LogP contribution in [-0.4, -0.2) is 85.3 Å². The van der Waals surface area contributed by atoms with Crippen molar-refractivity contribution in [1.29, 1.82) is 0 Å². The first-order valence-corrected chi connectivity index (χ1v) is 14.4. The van der Waals surface area contributed by atoms with Crippen LogP contribution < -0.4 is 4.74 Å². The molecule has 0 radical (unpaired) electrons. The van der Waals surface area contributed by atoms with Crippen molar-refractivity contribution in [2.45, 2.75) is 19.4 Å². The normalized spacial score (nSPS) is 14.0. The summed E-state index contributed by atoms with van der Waals surface area (Å²) in [6.07, 6.45) is 9.64. The molecule has 43 heavy (non-hydrogen) atoms. The lowest BCUT2D eigenvalue weighted by Gasteiger charge is -2.15. The first kappa shape index (κ1) is 27.1. The Morgan fingerprint density at radius 1 is 0.953 bits per heavy atom. The van der Waals surface area contributed by atoms with Crippen LogP contribution in [-0.2, 0) is 6.54 Å². The largest absolute Gasteiger partial charge is 0.492 e. The van der Waals surface area contributed by atoms with Gasteiger partial charge in [-0.3, -0.25) is 15.0 Å². The third-order valence-corrected chi connectivity index (χ3v) is 7.72. The Bertz CT molecular complexity index is 1910. The fourth-order valence-corrected chi connectivity index (χ4v) is 5.71. The minimum absolute atomic E-state index is 0.360. The topological polar surface area (TPSA) is 112 Å². The lowest BCUT2D eigenvalue weighted by molar-refractivity contribution is 0.237. The van der Waals surface area contributed by atoms with Crippen molar-refractivity contribution >= 4 is 22.2 Å². The molecular formula is C32H32FN9O. The molecule has 0 aliphatic carbocycles. The van der Waals surface area contributed by atoms with Gasteiger partial charge in [-0.1, -0.05) is 0 Å². The molecule has 0 unspecified atom stereocenters. The molecule has 0 amide bonds. The van der Waals surface area contributed by atoms with Crippen molar-refractivity contribution in [2.75, 3.05) is 40.3 Å². The number of nitrogens with one attached hydrogen (secondary N) is 2. The minimum Gasteiger partial charge on any atom is -0.492 e. The standard InChI is InChI=1S/C32H32FN9O/c1-41(2)19-20-11-22(17-34-16-20)23-14-27-29(39-40-30(27)36-18-23)32-37-28-26(5-6-35-31(28)38-32)21-12-24(33)15-25(13-21)43-10-9-42-7-3-4-8-42/h5-6,11-18H,3-4,7-10,19H2,1-2H3,(H,35,37,38)(H,36,39,40). The molecule has 0 bridgehead atoms. The third kappa shape index (κ3) is 5.69. The summed E-state index contributed by atoms with van der Waals surface area (Å²) in [4.78, 5) is 26.1. The highest BCUT2D eigenvalue weighted by atomic mass is 19.1. The molecule has 0 spiro atoms. The molecule has 1 fully saturated rings. The van der Waals surface area contributed by atoms with Gasteiger partial charge in [0.1, 0.15) is 23.9 Å². The Hall–Kier alpha value is -4.74. The Balaban J connectivity index is 1.21. The highest BCUT2D eigenvalue weighted by Gasteiger charge is 2.18. The number of ether oxygens (including phenoxy) is 1. The molecule has 1 aliphatic heterocycles. The fourth-order valence-electron chi connectivity index (χ4n) is 5.71. The Kier molecular flexibility index (Phi) is 7.25. The Morgan fingerprint density at radius 3 is 2.67 bits per heavy atom. The van der Waals surface area contributed by atoms with Crippen LogP contribution in [0, 0.1) is 5.82 Å². The highest BCUT2D eigenvalue weighted by Crippen LogP contribution is 2.33. The number of fused-ring (bicyclic) bond motifs is 2. The summed E-state index contributed by atoms with van der Waals surface area (Å²) >= 11 is 0. The summed E-state index contributed by atoms with van der Waals surface area (Å²) in [5.41, 5.74) is 6.94. The molecule has 218 valence electrons. The zero-order valence-electron chi connectivity index (χ0n) is 24.1. The maximum absolute atomic E-state index is 14.8. The molecular weight excluding hydrogens is 545 g/mol. The van der Waals surface area contributed by atoms with E-state index >= 15 is 0 Å². The molecule has 7 rings (SSSR count). The fraction of sp³-hybridized carbons (Fsp3) is 0.281. The van der Waals surface area contributed by atoms with Crippen LogP contribution in [0.5, 0.6) is 5.75 Å². The van der Waals surface area contributed by atoms with E-state index < -0.39 is 0 Å². The molecule has 0 atom stereocenters. The number of pyridine rings is 3. The van der Waals surface area contributed by atoms with E-state index in [4.69, 9.17) is 9.72 Å². The van der Waals surface area contributed by atoms with Gasteiger partial charge in [0.25, 0.3) is 0 Å². The first-order chi connectivity index (χ1) is 21.0. The number of benzene rings is 1. The van der Waals surface area contributed by atoms with E-state index in [-0.39, 0.29) is 5.82 Å². The average Bonchev–Trinajstić information content (AvgIpc) is 3.76. The van der Waals surface area contributed by atoms with Crippen molar-refractivity contribution in [1.82, 2.24) is 44.9 Å². The SMILES string of the molecule is CN(C)Cc1cncc(-c2cnc3n[nH]c(-c4nc5nccc(-c6cc(F)cc(OCCN7CCCC7)c6)c5[nH]4)c3c2)c1. The van der Waals surface area contributed by atoms with E-state index in [1.807, 2.05) is 44.7 Å². The Labute approximate surface area is 248 Å². The average molecular weight is 578 g/mol. The lowest BCUT2D eigenvalue weighted by Crippen LogP contribution is -2.25. The number of hydrogen-bond acceptors (Lipinski definition) is 8. The summed E-state index contributed by atoms with van der Waals surface area (Å²) in [7, 11) is 4.06. The quantitative estimate of drug-likeness (QED) is 0.238. The van der Waals surface area contributed by atoms with Gasteiger partial charge in [0, 0.05) is 60.6 Å². The highest BCUT2D eigenvalue weighted by molar-refractivity contribution is 5.96. The molecule has 11 heteroatoms. The predicted molar refractivity (Wildman–Crippen MR) is 164 cm³/mol. The van der Waals surface area contributed by atoms with Gasteiger partial charge in [-0.15, -0.1) is 0 Å². The number of rotatable bonds is 9. The zero-order chi connectivity index (χ0) is 29.3. The van der Waals surface area contributed by atoms with Gasteiger partial charge >= 0.3 is 0 Å². The minimum atomic E-state index is -0.360. The van der Waals surface area contributed by atoms with Crippen molar-refractivity contribution in [3.8, 4) is 39.5 Å². The maximum Gasteiger partial charge on any atom is 0.181 e. The van der Waals surface area contributed by atoms with Crippen molar-refractivity contribution in [3.63, 3.8) is 0 Å². The lowest BCUT2D eigenvalue weighted by atomic mass is 10.1. The van der Waals surface area contributed by atoms with Gasteiger partial charge < -0.3 is 14.6 Å². The predicted octanol–water partition coefficient (Wildman–Crippen LogP) is 5.30. The number of H-pyrrole nitrogens is 2. The zero-order valence-corrected chi connectivity index (χ0v) is 24.1. The van der Waals surface area contributed by atoms with Gasteiger partial charge in [0.05, 0.1) is 10.9 Å². The third-order valence-electron chi connectivity index (χ3n) is 7.72. The van der Waals surface area contributed by atoms with E-state index in [1.54, 1.807) is 12.4 Å². The maximum atomic E-state index is 14.8. The summed E-state index contributed by atoms with van der Waals surface area (Å²) in [5, 5.41) is 8.32. The second kappa shape index (κ2) is 11.5. The van der Waals surface area contributed by atoms with Crippen LogP contribution in [0.15, 0.2) is 61.2 Å². The molecule has 1 saturated heterocycles. The molecule has 2 N–H and O–H groups in total. The van der Waals surface area contributed by atoms with Gasteiger partial charge in [-0.2, -0.15) is 5.10 Å². The molecule has 10 nitrogen and oxygen atoms in total. The first-order valence-electron chi connectivity index (χ1n) is 14.4. The summed E-state index contributed by atoms with van der Waals surface area (Å²) in [5.74, 6) is 0.705. The van der Waals surface area contributed by atoms with Crippen molar-refractivity contribution in [3.05, 3.63) is 72.6 Å². The van der Waals surface area contributed by atoms with Crippen LogP contribution in [0.4, 0.5) is 4.39 Å². The van der Waals surface area contributed by atoms with Crippen LogP contribution in [0.25, 0.3) is 56.0 Å². The van der Waals surface area contributed by atoms with E-state index in [0.717, 1.165) is 53.8 Å². The van der Waals surface area contributed by atoms with Gasteiger partial charge in [0.2, 0.25) is 0 Å². The van der Waals surface area contributed by atoms with E-state index in [0.29, 0.717) is 46.2 Å². The number of halogens is 1. The Morgan fingerprint density at radius 2 is 1.81 bits per heavy atom. The summed E-state index contributed by atoms with van der Waals surface area (Å²) in [6, 6.07) is 10.8. The number of nitrogens with zero attached hydrogens (tertiary/aromatic N) is 7. The number of likely N-dealkylation sites (tertiary alicyclic amines) is 1. The molecule has 1 aliphatic rings. The number of hydrogen-bond donors (Lipinski definition) is 2. The van der Waals surface area contributed by atoms with E-state index in [2.05, 4.69) is 46.0 Å². The monoisotopic (exact) mass is 577 g/mol. The molecule has 6 heterocycles. The van der Waals surface area contributed by atoms with Crippen LogP contribution >= 0.6 is 0 Å². The van der Waals surface area contributed by atoms with Crippen LogP contribution in [0.1, 0.15) is 18.4 Å².